The lowest BCUT2D eigenvalue weighted by molar-refractivity contribution is -0.134. The van der Waals surface area contributed by atoms with Crippen LogP contribution in [-0.2, 0) is 4.79 Å². The molecule has 0 N–H and O–H groups in total. The maximum atomic E-state index is 13.8. The van der Waals surface area contributed by atoms with Crippen LogP contribution in [0.1, 0.15) is 27.7 Å². The molecule has 3 nitrogen and oxygen atoms in total. The predicted octanol–water partition coefficient (Wildman–Crippen LogP) is 3.16. The lowest BCUT2D eigenvalue weighted by Gasteiger charge is -2.36. The van der Waals surface area contributed by atoms with E-state index in [1.807, 2.05) is 15.9 Å². The molecule has 4 heteroatoms. The second kappa shape index (κ2) is 4.97. The SMILES string of the molecule is CC1(C)C(C(=O)N2CCN(c3ccccc3F)CC2)C1(C)C. The van der Waals surface area contributed by atoms with E-state index >= 15 is 0 Å². The van der Waals surface area contributed by atoms with Gasteiger partial charge in [-0.05, 0) is 23.0 Å². The van der Waals surface area contributed by atoms with Crippen LogP contribution in [0.2, 0.25) is 0 Å². The summed E-state index contributed by atoms with van der Waals surface area (Å²) in [5.74, 6) is 0.190. The van der Waals surface area contributed by atoms with E-state index in [1.54, 1.807) is 12.1 Å². The first-order chi connectivity index (χ1) is 10.3. The fourth-order valence-corrected chi connectivity index (χ4v) is 3.87. The zero-order chi connectivity index (χ0) is 16.1. The topological polar surface area (TPSA) is 23.6 Å². The smallest absolute Gasteiger partial charge is 0.226 e. The van der Waals surface area contributed by atoms with Crippen molar-refractivity contribution in [2.45, 2.75) is 27.7 Å². The number of anilines is 1. The molecule has 2 aliphatic rings. The number of halogens is 1. The molecule has 1 heterocycles. The summed E-state index contributed by atoms with van der Waals surface area (Å²) in [5.41, 5.74) is 0.793. The highest BCUT2D eigenvalue weighted by molar-refractivity contribution is 5.84. The van der Waals surface area contributed by atoms with Gasteiger partial charge >= 0.3 is 0 Å². The summed E-state index contributed by atoms with van der Waals surface area (Å²) in [7, 11) is 0. The van der Waals surface area contributed by atoms with Gasteiger partial charge < -0.3 is 9.80 Å². The standard InChI is InChI=1S/C18H25FN2O/c1-17(2)15(18(17,3)4)16(22)21-11-9-20(10-12-21)14-8-6-5-7-13(14)19/h5-8,15H,9-12H2,1-4H3. The maximum absolute atomic E-state index is 13.8. The van der Waals surface area contributed by atoms with Crippen LogP contribution >= 0.6 is 0 Å². The lowest BCUT2D eigenvalue weighted by Crippen LogP contribution is -2.50. The first-order valence-corrected chi connectivity index (χ1v) is 8.05. The zero-order valence-electron chi connectivity index (χ0n) is 13.9. The van der Waals surface area contributed by atoms with E-state index in [9.17, 15) is 9.18 Å². The normalized spacial score (nSPS) is 23.5. The van der Waals surface area contributed by atoms with Crippen LogP contribution in [0.4, 0.5) is 10.1 Å². The highest BCUT2D eigenvalue weighted by Crippen LogP contribution is 2.68. The van der Waals surface area contributed by atoms with Gasteiger partial charge in [-0.3, -0.25) is 4.79 Å². The Hall–Kier alpha value is -1.58. The second-order valence-electron chi connectivity index (χ2n) is 7.64. The van der Waals surface area contributed by atoms with Crippen molar-refractivity contribution in [1.82, 2.24) is 4.90 Å². The molecule has 0 bridgehead atoms. The van der Waals surface area contributed by atoms with Gasteiger partial charge in [0.1, 0.15) is 5.82 Å². The van der Waals surface area contributed by atoms with Gasteiger partial charge in [0.05, 0.1) is 5.69 Å². The number of carbonyl (C=O) groups excluding carboxylic acids is 1. The molecule has 3 rings (SSSR count). The van der Waals surface area contributed by atoms with Crippen LogP contribution in [0.5, 0.6) is 0 Å². The number of nitrogens with zero attached hydrogens (tertiary/aromatic N) is 2. The van der Waals surface area contributed by atoms with Gasteiger partial charge in [0.2, 0.25) is 5.91 Å². The van der Waals surface area contributed by atoms with Crippen molar-refractivity contribution < 1.29 is 9.18 Å². The van der Waals surface area contributed by atoms with Crippen molar-refractivity contribution in [3.05, 3.63) is 30.1 Å². The first-order valence-electron chi connectivity index (χ1n) is 8.05. The molecule has 22 heavy (non-hydrogen) atoms. The van der Waals surface area contributed by atoms with E-state index in [2.05, 4.69) is 27.7 Å². The van der Waals surface area contributed by atoms with Crippen molar-refractivity contribution in [2.75, 3.05) is 31.1 Å². The molecule has 0 spiro atoms. The van der Waals surface area contributed by atoms with Gasteiger partial charge in [-0.2, -0.15) is 0 Å². The van der Waals surface area contributed by atoms with E-state index in [0.717, 1.165) is 0 Å². The number of hydrogen-bond acceptors (Lipinski definition) is 2. The van der Waals surface area contributed by atoms with Gasteiger partial charge in [0.15, 0.2) is 0 Å². The van der Waals surface area contributed by atoms with Crippen LogP contribution in [-0.4, -0.2) is 37.0 Å². The monoisotopic (exact) mass is 304 g/mol. The third-order valence-electron chi connectivity index (χ3n) is 6.05. The molecule has 0 radical (unpaired) electrons. The number of para-hydroxylation sites is 1. The fourth-order valence-electron chi connectivity index (χ4n) is 3.87. The van der Waals surface area contributed by atoms with Gasteiger partial charge in [0.25, 0.3) is 0 Å². The summed E-state index contributed by atoms with van der Waals surface area (Å²) >= 11 is 0. The summed E-state index contributed by atoms with van der Waals surface area (Å²) < 4.78 is 13.8. The quantitative estimate of drug-likeness (QED) is 0.838. The highest BCUT2D eigenvalue weighted by atomic mass is 19.1. The predicted molar refractivity (Wildman–Crippen MR) is 86.2 cm³/mol. The van der Waals surface area contributed by atoms with E-state index in [0.29, 0.717) is 31.9 Å². The molecule has 1 saturated heterocycles. The minimum Gasteiger partial charge on any atom is -0.366 e. The van der Waals surface area contributed by atoms with E-state index in [4.69, 9.17) is 0 Å². The van der Waals surface area contributed by atoms with Crippen molar-refractivity contribution in [2.24, 2.45) is 16.7 Å². The van der Waals surface area contributed by atoms with E-state index in [1.165, 1.54) is 6.07 Å². The number of hydrogen-bond donors (Lipinski definition) is 0. The van der Waals surface area contributed by atoms with E-state index < -0.39 is 0 Å². The molecule has 0 unspecified atom stereocenters. The molecule has 0 atom stereocenters. The summed E-state index contributed by atoms with van der Waals surface area (Å²) in [6.45, 7) is 11.4. The minimum absolute atomic E-state index is 0.0761. The minimum atomic E-state index is -0.188. The van der Waals surface area contributed by atoms with Gasteiger partial charge in [-0.1, -0.05) is 39.8 Å². The molecule has 1 saturated carbocycles. The fraction of sp³-hybridized carbons (Fsp3) is 0.611. The molecule has 2 fully saturated rings. The van der Waals surface area contributed by atoms with Crippen LogP contribution in [0.15, 0.2) is 24.3 Å². The van der Waals surface area contributed by atoms with Crippen LogP contribution < -0.4 is 4.90 Å². The third-order valence-corrected chi connectivity index (χ3v) is 6.05. The van der Waals surface area contributed by atoms with Crippen molar-refractivity contribution in [3.8, 4) is 0 Å². The van der Waals surface area contributed by atoms with Crippen molar-refractivity contribution in [1.29, 1.82) is 0 Å². The third kappa shape index (κ3) is 2.20. The summed E-state index contributed by atoms with van der Waals surface area (Å²) in [5, 5.41) is 0. The Morgan fingerprint density at radius 1 is 1.05 bits per heavy atom. The number of piperazine rings is 1. The van der Waals surface area contributed by atoms with Crippen molar-refractivity contribution in [3.63, 3.8) is 0 Å². The molecule has 0 aromatic heterocycles. The molecule has 1 amide bonds. The first kappa shape index (κ1) is 15.3. The average molecular weight is 304 g/mol. The Morgan fingerprint density at radius 3 is 2.09 bits per heavy atom. The van der Waals surface area contributed by atoms with Gasteiger partial charge in [-0.15, -0.1) is 0 Å². The Balaban J connectivity index is 1.64. The molecular weight excluding hydrogens is 279 g/mol. The van der Waals surface area contributed by atoms with Crippen molar-refractivity contribution >= 4 is 11.6 Å². The summed E-state index contributed by atoms with van der Waals surface area (Å²) in [6.07, 6.45) is 0. The van der Waals surface area contributed by atoms with E-state index in [-0.39, 0.29) is 28.5 Å². The molecular formula is C18H25FN2O. The summed E-state index contributed by atoms with van der Waals surface area (Å²) in [6, 6.07) is 6.85. The zero-order valence-corrected chi connectivity index (χ0v) is 13.9. The maximum Gasteiger partial charge on any atom is 0.226 e. The number of rotatable bonds is 2. The highest BCUT2D eigenvalue weighted by Gasteiger charge is 2.68. The molecule has 120 valence electrons. The number of amides is 1. The Kier molecular flexibility index (Phi) is 3.46. The number of benzene rings is 1. The summed E-state index contributed by atoms with van der Waals surface area (Å²) in [4.78, 5) is 16.7. The largest absolute Gasteiger partial charge is 0.366 e. The lowest BCUT2D eigenvalue weighted by atomic mass is 10.0. The Labute approximate surface area is 132 Å². The van der Waals surface area contributed by atoms with Gasteiger partial charge in [0, 0.05) is 32.1 Å². The molecule has 1 aromatic rings. The molecule has 1 aromatic carbocycles. The molecule has 1 aliphatic carbocycles. The van der Waals surface area contributed by atoms with Crippen LogP contribution in [0.3, 0.4) is 0 Å². The molecule has 1 aliphatic heterocycles. The Morgan fingerprint density at radius 2 is 1.59 bits per heavy atom. The van der Waals surface area contributed by atoms with Crippen LogP contribution in [0.25, 0.3) is 0 Å². The van der Waals surface area contributed by atoms with Crippen LogP contribution in [0, 0.1) is 22.6 Å². The van der Waals surface area contributed by atoms with Gasteiger partial charge in [-0.25, -0.2) is 4.39 Å². The average Bonchev–Trinajstić information content (AvgIpc) is 2.89. The Bertz CT molecular complexity index is 575. The number of carbonyl (C=O) groups is 1. The second-order valence-corrected chi connectivity index (χ2v) is 7.64.